The molecule has 0 aliphatic rings. The maximum atomic E-state index is 6.75. The second-order valence-electron chi connectivity index (χ2n) is 12.9. The maximum Gasteiger partial charge on any atom is 0.159 e. The highest BCUT2D eigenvalue weighted by atomic mass is 16.3. The van der Waals surface area contributed by atoms with Gasteiger partial charge >= 0.3 is 0 Å². The molecule has 234 valence electrons. The minimum atomic E-state index is 0.870. The average molecular weight is 638 g/mol. The van der Waals surface area contributed by atoms with Crippen LogP contribution in [-0.2, 0) is 0 Å². The first kappa shape index (κ1) is 28.4. The van der Waals surface area contributed by atoms with E-state index in [-0.39, 0.29) is 0 Å². The quantitative estimate of drug-likeness (QED) is 0.175. The van der Waals surface area contributed by atoms with Crippen LogP contribution in [0.2, 0.25) is 0 Å². The van der Waals surface area contributed by atoms with Crippen molar-refractivity contribution in [3.63, 3.8) is 0 Å². The second-order valence-corrected chi connectivity index (χ2v) is 12.9. The molecule has 0 saturated carbocycles. The molecule has 0 N–H and O–H groups in total. The monoisotopic (exact) mass is 637 g/mol. The van der Waals surface area contributed by atoms with Gasteiger partial charge in [0, 0.05) is 22.1 Å². The molecule has 2 heteroatoms. The van der Waals surface area contributed by atoms with Gasteiger partial charge in [-0.2, -0.15) is 0 Å². The second kappa shape index (κ2) is 11.5. The number of para-hydroxylation sites is 1. The fraction of sp³-hybridized carbons (Fsp3) is 0. The molecule has 50 heavy (non-hydrogen) atoms. The van der Waals surface area contributed by atoms with Gasteiger partial charge in [-0.3, -0.25) is 0 Å². The van der Waals surface area contributed by atoms with Gasteiger partial charge in [-0.05, 0) is 103 Å². The van der Waals surface area contributed by atoms with E-state index in [1.807, 2.05) is 0 Å². The number of nitrogens with zero attached hydrogens (tertiary/aromatic N) is 1. The molecule has 0 saturated heterocycles. The van der Waals surface area contributed by atoms with E-state index >= 15 is 0 Å². The first-order valence-electron chi connectivity index (χ1n) is 17.1. The molecule has 2 nitrogen and oxygen atoms in total. The topological polar surface area (TPSA) is 16.4 Å². The number of rotatable bonds is 5. The van der Waals surface area contributed by atoms with E-state index in [9.17, 15) is 0 Å². The van der Waals surface area contributed by atoms with E-state index < -0.39 is 0 Å². The predicted octanol–water partition coefficient (Wildman–Crippen LogP) is 13.8. The van der Waals surface area contributed by atoms with Gasteiger partial charge < -0.3 is 9.32 Å². The lowest BCUT2D eigenvalue weighted by molar-refractivity contribution is 0.669. The van der Waals surface area contributed by atoms with Crippen molar-refractivity contribution in [2.45, 2.75) is 0 Å². The zero-order valence-corrected chi connectivity index (χ0v) is 27.3. The standard InChI is InChI=1S/C48H31NO/c1-2-11-32(12-3-1)33-21-25-38(26-22-33)49(46-20-10-19-43-45-29-35-13-4-5-14-36(35)31-47(45)50-48(43)46)39-27-23-34(24-28-39)44-30-37-15-6-7-16-40(37)41-17-8-9-18-42(41)44/h1-31H. The SMILES string of the molecule is c1ccc(-c2ccc(N(c3ccc(-c4cc5ccccc5c5ccccc45)cc3)c3cccc4c3oc3cc5ccccc5cc34)cc2)cc1. The van der Waals surface area contributed by atoms with Gasteiger partial charge in [-0.25, -0.2) is 0 Å². The molecule has 0 bridgehead atoms. The highest BCUT2D eigenvalue weighted by Gasteiger charge is 2.20. The third kappa shape index (κ3) is 4.65. The van der Waals surface area contributed by atoms with Crippen LogP contribution in [0.5, 0.6) is 0 Å². The summed E-state index contributed by atoms with van der Waals surface area (Å²) in [5, 5.41) is 9.66. The van der Waals surface area contributed by atoms with Crippen LogP contribution in [0.1, 0.15) is 0 Å². The molecule has 9 aromatic carbocycles. The Bertz CT molecular complexity index is 2850. The minimum absolute atomic E-state index is 0.870. The largest absolute Gasteiger partial charge is 0.454 e. The minimum Gasteiger partial charge on any atom is -0.454 e. The normalized spacial score (nSPS) is 11.6. The fourth-order valence-electron chi connectivity index (χ4n) is 7.59. The first-order valence-corrected chi connectivity index (χ1v) is 17.1. The third-order valence-electron chi connectivity index (χ3n) is 10.0. The molecule has 10 rings (SSSR count). The molecule has 0 amide bonds. The van der Waals surface area contributed by atoms with Gasteiger partial charge in [0.25, 0.3) is 0 Å². The van der Waals surface area contributed by atoms with Crippen molar-refractivity contribution in [3.05, 3.63) is 188 Å². The molecular formula is C48H31NO. The number of hydrogen-bond donors (Lipinski definition) is 0. The van der Waals surface area contributed by atoms with Crippen molar-refractivity contribution in [1.29, 1.82) is 0 Å². The van der Waals surface area contributed by atoms with Crippen molar-refractivity contribution in [3.8, 4) is 22.3 Å². The summed E-state index contributed by atoms with van der Waals surface area (Å²) in [6.07, 6.45) is 0. The van der Waals surface area contributed by atoms with E-state index in [1.54, 1.807) is 0 Å². The summed E-state index contributed by atoms with van der Waals surface area (Å²) in [6, 6.07) is 67.4. The van der Waals surface area contributed by atoms with Crippen molar-refractivity contribution < 1.29 is 4.42 Å². The summed E-state index contributed by atoms with van der Waals surface area (Å²) in [7, 11) is 0. The van der Waals surface area contributed by atoms with E-state index in [4.69, 9.17) is 4.42 Å². The molecule has 0 aliphatic carbocycles. The Balaban J connectivity index is 1.15. The van der Waals surface area contributed by atoms with E-state index in [0.717, 1.165) is 39.0 Å². The number of benzene rings is 9. The van der Waals surface area contributed by atoms with E-state index in [2.05, 4.69) is 193 Å². The fourth-order valence-corrected chi connectivity index (χ4v) is 7.59. The van der Waals surface area contributed by atoms with Gasteiger partial charge in [0.15, 0.2) is 5.58 Å². The summed E-state index contributed by atoms with van der Waals surface area (Å²) in [4.78, 5) is 2.32. The van der Waals surface area contributed by atoms with Crippen molar-refractivity contribution in [2.75, 3.05) is 4.90 Å². The van der Waals surface area contributed by atoms with Crippen molar-refractivity contribution in [1.82, 2.24) is 0 Å². The Morgan fingerprint density at radius 3 is 1.64 bits per heavy atom. The van der Waals surface area contributed by atoms with E-state index in [0.29, 0.717) is 0 Å². The van der Waals surface area contributed by atoms with Gasteiger partial charge in [-0.15, -0.1) is 0 Å². The van der Waals surface area contributed by atoms with Crippen molar-refractivity contribution in [2.24, 2.45) is 0 Å². The van der Waals surface area contributed by atoms with Gasteiger partial charge in [0.2, 0.25) is 0 Å². The lowest BCUT2D eigenvalue weighted by Gasteiger charge is -2.26. The Labute approximate surface area is 290 Å². The molecule has 0 fully saturated rings. The summed E-state index contributed by atoms with van der Waals surface area (Å²) in [5.41, 5.74) is 9.68. The third-order valence-corrected chi connectivity index (χ3v) is 10.0. The van der Waals surface area contributed by atoms with Crippen molar-refractivity contribution >= 4 is 71.3 Å². The Morgan fingerprint density at radius 1 is 0.340 bits per heavy atom. The molecule has 1 heterocycles. The van der Waals surface area contributed by atoms with E-state index in [1.165, 1.54) is 54.6 Å². The van der Waals surface area contributed by atoms with Crippen LogP contribution in [0.15, 0.2) is 192 Å². The van der Waals surface area contributed by atoms with Crippen LogP contribution in [0.3, 0.4) is 0 Å². The van der Waals surface area contributed by atoms with Crippen LogP contribution in [0.4, 0.5) is 17.1 Å². The van der Waals surface area contributed by atoms with Crippen LogP contribution >= 0.6 is 0 Å². The summed E-state index contributed by atoms with van der Waals surface area (Å²) in [6.45, 7) is 0. The first-order chi connectivity index (χ1) is 24.8. The van der Waals surface area contributed by atoms with Crippen LogP contribution < -0.4 is 4.90 Å². The van der Waals surface area contributed by atoms with Crippen LogP contribution in [0, 0.1) is 0 Å². The lowest BCUT2D eigenvalue weighted by Crippen LogP contribution is -2.10. The molecule has 0 atom stereocenters. The summed E-state index contributed by atoms with van der Waals surface area (Å²) in [5.74, 6) is 0. The molecule has 0 aliphatic heterocycles. The zero-order chi connectivity index (χ0) is 33.0. The van der Waals surface area contributed by atoms with Gasteiger partial charge in [0.1, 0.15) is 5.58 Å². The van der Waals surface area contributed by atoms with Gasteiger partial charge in [0.05, 0.1) is 5.69 Å². The molecule has 0 unspecified atom stereocenters. The highest BCUT2D eigenvalue weighted by molar-refractivity contribution is 6.15. The summed E-state index contributed by atoms with van der Waals surface area (Å²) < 4.78 is 6.75. The lowest BCUT2D eigenvalue weighted by atomic mass is 9.93. The maximum absolute atomic E-state index is 6.75. The Hall–Kier alpha value is -6.64. The summed E-state index contributed by atoms with van der Waals surface area (Å²) >= 11 is 0. The molecular weight excluding hydrogens is 607 g/mol. The predicted molar refractivity (Wildman–Crippen MR) is 212 cm³/mol. The average Bonchev–Trinajstić information content (AvgIpc) is 3.56. The molecule has 0 radical (unpaired) electrons. The van der Waals surface area contributed by atoms with Crippen LogP contribution in [-0.4, -0.2) is 0 Å². The van der Waals surface area contributed by atoms with Gasteiger partial charge in [-0.1, -0.05) is 140 Å². The number of fused-ring (bicyclic) bond motifs is 7. The van der Waals surface area contributed by atoms with Crippen LogP contribution in [0.25, 0.3) is 76.5 Å². The Kier molecular flexibility index (Phi) is 6.53. The Morgan fingerprint density at radius 2 is 0.900 bits per heavy atom. The number of furan rings is 1. The smallest absolute Gasteiger partial charge is 0.159 e. The highest BCUT2D eigenvalue weighted by Crippen LogP contribution is 2.44. The molecule has 10 aromatic rings. The zero-order valence-electron chi connectivity index (χ0n) is 27.3. The molecule has 1 aromatic heterocycles. The number of anilines is 3. The molecule has 0 spiro atoms. The number of hydrogen-bond acceptors (Lipinski definition) is 2.